The minimum absolute atomic E-state index is 0.0592. The number of carbonyl (C=O) groups excluding carboxylic acids is 1. The second-order valence-corrected chi connectivity index (χ2v) is 8.06. The SMILES string of the molecule is Cc1noc2c1c(N)nc1ccc(C(=O)N(C)[C@@H]3COCc4cc(C(F)(F)F)ccc43)cc12. The number of aromatic nitrogens is 2. The van der Waals surface area contributed by atoms with Gasteiger partial charge < -0.3 is 19.9 Å². The van der Waals surface area contributed by atoms with Gasteiger partial charge in [0, 0.05) is 18.0 Å². The van der Waals surface area contributed by atoms with Crippen molar-refractivity contribution in [2.24, 2.45) is 0 Å². The molecule has 0 unspecified atom stereocenters. The fraction of sp³-hybridized carbons (Fsp3) is 0.261. The maximum atomic E-state index is 13.3. The number of amides is 1. The number of halogens is 3. The summed E-state index contributed by atoms with van der Waals surface area (Å²) >= 11 is 0. The van der Waals surface area contributed by atoms with Crippen LogP contribution in [-0.2, 0) is 17.5 Å². The van der Waals surface area contributed by atoms with Crippen LogP contribution >= 0.6 is 0 Å². The lowest BCUT2D eigenvalue weighted by Gasteiger charge is -2.33. The molecule has 170 valence electrons. The lowest BCUT2D eigenvalue weighted by atomic mass is 9.95. The molecule has 1 amide bonds. The number of rotatable bonds is 2. The summed E-state index contributed by atoms with van der Waals surface area (Å²) in [4.78, 5) is 19.2. The van der Waals surface area contributed by atoms with Crippen molar-refractivity contribution >= 4 is 33.6 Å². The van der Waals surface area contributed by atoms with Crippen LogP contribution in [0.3, 0.4) is 0 Å². The van der Waals surface area contributed by atoms with Crippen molar-refractivity contribution in [2.75, 3.05) is 19.4 Å². The Kier molecular flexibility index (Phi) is 4.78. The third kappa shape index (κ3) is 3.46. The van der Waals surface area contributed by atoms with E-state index in [4.69, 9.17) is 15.0 Å². The zero-order valence-electron chi connectivity index (χ0n) is 17.7. The predicted molar refractivity (Wildman–Crippen MR) is 114 cm³/mol. The van der Waals surface area contributed by atoms with Crippen LogP contribution in [0.5, 0.6) is 0 Å². The number of carbonyl (C=O) groups is 1. The van der Waals surface area contributed by atoms with Gasteiger partial charge in [0.15, 0.2) is 5.58 Å². The summed E-state index contributed by atoms with van der Waals surface area (Å²) in [6.07, 6.45) is -4.45. The van der Waals surface area contributed by atoms with Crippen molar-refractivity contribution < 1.29 is 27.2 Å². The Morgan fingerprint density at radius 1 is 1.21 bits per heavy atom. The van der Waals surface area contributed by atoms with Gasteiger partial charge in [-0.05, 0) is 48.4 Å². The predicted octanol–water partition coefficient (Wildman–Crippen LogP) is 4.63. The first-order valence-corrected chi connectivity index (χ1v) is 10.2. The fourth-order valence-electron chi connectivity index (χ4n) is 4.26. The van der Waals surface area contributed by atoms with E-state index in [1.807, 2.05) is 0 Å². The molecule has 33 heavy (non-hydrogen) atoms. The Morgan fingerprint density at radius 2 is 2.00 bits per heavy atom. The number of alkyl halides is 3. The molecule has 2 aromatic carbocycles. The highest BCUT2D eigenvalue weighted by molar-refractivity contribution is 6.09. The molecule has 0 saturated carbocycles. The first-order valence-electron chi connectivity index (χ1n) is 10.2. The number of hydrogen-bond acceptors (Lipinski definition) is 6. The van der Waals surface area contributed by atoms with Crippen LogP contribution < -0.4 is 5.73 Å². The molecule has 0 bridgehead atoms. The minimum atomic E-state index is -4.45. The van der Waals surface area contributed by atoms with Gasteiger partial charge in [-0.25, -0.2) is 4.98 Å². The average molecular weight is 456 g/mol. The van der Waals surface area contributed by atoms with Gasteiger partial charge in [0.1, 0.15) is 5.82 Å². The van der Waals surface area contributed by atoms with Crippen molar-refractivity contribution in [3.05, 3.63) is 64.3 Å². The molecule has 0 radical (unpaired) electrons. The summed E-state index contributed by atoms with van der Waals surface area (Å²) in [7, 11) is 1.60. The van der Waals surface area contributed by atoms with Gasteiger partial charge in [-0.1, -0.05) is 11.2 Å². The van der Waals surface area contributed by atoms with Crippen molar-refractivity contribution in [1.29, 1.82) is 0 Å². The lowest BCUT2D eigenvalue weighted by molar-refractivity contribution is -0.137. The maximum absolute atomic E-state index is 13.3. The summed E-state index contributed by atoms with van der Waals surface area (Å²) in [5.41, 5.74) is 8.29. The Bertz CT molecular complexity index is 1410. The highest BCUT2D eigenvalue weighted by Crippen LogP contribution is 2.36. The molecular weight excluding hydrogens is 437 g/mol. The number of nitrogen functional groups attached to an aromatic ring is 1. The van der Waals surface area contributed by atoms with Crippen molar-refractivity contribution in [2.45, 2.75) is 25.7 Å². The molecule has 0 spiro atoms. The zero-order valence-corrected chi connectivity index (χ0v) is 17.7. The largest absolute Gasteiger partial charge is 0.416 e. The average Bonchev–Trinajstić information content (AvgIpc) is 3.19. The Labute approximate surface area is 185 Å². The number of hydrogen-bond donors (Lipinski definition) is 1. The summed E-state index contributed by atoms with van der Waals surface area (Å²) in [5.74, 6) is -0.0268. The van der Waals surface area contributed by atoms with Crippen LogP contribution in [0.4, 0.5) is 19.0 Å². The monoisotopic (exact) mass is 456 g/mol. The van der Waals surface area contributed by atoms with Gasteiger partial charge in [0.05, 0.1) is 41.4 Å². The lowest BCUT2D eigenvalue weighted by Crippen LogP contribution is -2.36. The van der Waals surface area contributed by atoms with Gasteiger partial charge >= 0.3 is 6.18 Å². The third-order valence-electron chi connectivity index (χ3n) is 6.00. The molecule has 0 fully saturated rings. The fourth-order valence-corrected chi connectivity index (χ4v) is 4.26. The van der Waals surface area contributed by atoms with Crippen molar-refractivity contribution in [3.63, 3.8) is 0 Å². The molecule has 2 N–H and O–H groups in total. The van der Waals surface area contributed by atoms with Crippen LogP contribution in [0.1, 0.15) is 38.8 Å². The molecule has 4 aromatic rings. The highest BCUT2D eigenvalue weighted by atomic mass is 19.4. The topological polar surface area (TPSA) is 94.5 Å². The molecule has 1 atom stereocenters. The Morgan fingerprint density at radius 3 is 2.76 bits per heavy atom. The number of nitrogens with zero attached hydrogens (tertiary/aromatic N) is 3. The molecule has 1 aliphatic rings. The molecule has 10 heteroatoms. The summed E-state index contributed by atoms with van der Waals surface area (Å²) < 4.78 is 50.2. The van der Waals surface area contributed by atoms with Crippen LogP contribution in [-0.4, -0.2) is 34.6 Å². The Balaban J connectivity index is 1.52. The molecule has 2 aromatic heterocycles. The number of pyridine rings is 1. The first-order chi connectivity index (χ1) is 15.6. The van der Waals surface area contributed by atoms with E-state index in [-0.39, 0.29) is 19.1 Å². The van der Waals surface area contributed by atoms with Gasteiger partial charge in [-0.3, -0.25) is 4.79 Å². The third-order valence-corrected chi connectivity index (χ3v) is 6.00. The number of likely N-dealkylation sites (N-methyl/N-ethyl adjacent to an activating group) is 1. The first kappa shape index (κ1) is 21.2. The second kappa shape index (κ2) is 7.45. The number of anilines is 1. The number of aryl methyl sites for hydroxylation is 1. The van der Waals surface area contributed by atoms with E-state index in [2.05, 4.69) is 10.1 Å². The van der Waals surface area contributed by atoms with E-state index in [0.717, 1.165) is 12.1 Å². The van der Waals surface area contributed by atoms with Crippen LogP contribution in [0.2, 0.25) is 0 Å². The van der Waals surface area contributed by atoms with Crippen LogP contribution in [0.15, 0.2) is 40.9 Å². The molecule has 7 nitrogen and oxygen atoms in total. The Hall–Kier alpha value is -3.66. The number of ether oxygens (including phenoxy) is 1. The van der Waals surface area contributed by atoms with E-state index in [1.54, 1.807) is 32.2 Å². The quantitative estimate of drug-likeness (QED) is 0.473. The zero-order chi connectivity index (χ0) is 23.5. The van der Waals surface area contributed by atoms with E-state index in [0.29, 0.717) is 50.1 Å². The molecule has 0 aliphatic carbocycles. The molecule has 5 rings (SSSR count). The normalized spacial score (nSPS) is 16.2. The van der Waals surface area contributed by atoms with Gasteiger partial charge in [0.2, 0.25) is 0 Å². The van der Waals surface area contributed by atoms with Gasteiger partial charge in [-0.2, -0.15) is 13.2 Å². The van der Waals surface area contributed by atoms with E-state index in [9.17, 15) is 18.0 Å². The molecular formula is C23H19F3N4O3. The van der Waals surface area contributed by atoms with Gasteiger partial charge in [-0.15, -0.1) is 0 Å². The van der Waals surface area contributed by atoms with E-state index < -0.39 is 17.8 Å². The summed E-state index contributed by atoms with van der Waals surface area (Å²) in [5, 5.41) is 5.14. The van der Waals surface area contributed by atoms with E-state index >= 15 is 0 Å². The number of nitrogens with two attached hydrogens (primary N) is 1. The van der Waals surface area contributed by atoms with Crippen LogP contribution in [0.25, 0.3) is 21.9 Å². The van der Waals surface area contributed by atoms with Gasteiger partial charge in [0.25, 0.3) is 5.91 Å². The number of benzene rings is 2. The number of fused-ring (bicyclic) bond motifs is 4. The highest BCUT2D eigenvalue weighted by Gasteiger charge is 2.34. The standard InChI is InChI=1S/C23H19F3N4O3/c1-11-19-20(33-29-11)16-8-12(3-6-17(16)28-21(19)27)22(31)30(2)18-10-32-9-13-7-14(23(24,25)26)4-5-15(13)18/h3-8,18H,9-10H2,1-2H3,(H2,27,28)/t18-/m1/s1. The minimum Gasteiger partial charge on any atom is -0.383 e. The van der Waals surface area contributed by atoms with Crippen molar-refractivity contribution in [1.82, 2.24) is 15.0 Å². The summed E-state index contributed by atoms with van der Waals surface area (Å²) in [6.45, 7) is 1.99. The molecule has 3 heterocycles. The van der Waals surface area contributed by atoms with Crippen molar-refractivity contribution in [3.8, 4) is 0 Å². The molecule has 0 saturated heterocycles. The smallest absolute Gasteiger partial charge is 0.383 e. The van der Waals surface area contributed by atoms with E-state index in [1.165, 1.54) is 11.0 Å². The maximum Gasteiger partial charge on any atom is 0.416 e. The second-order valence-electron chi connectivity index (χ2n) is 8.06. The van der Waals surface area contributed by atoms with Crippen LogP contribution in [0, 0.1) is 6.92 Å². The molecule has 1 aliphatic heterocycles. The summed E-state index contributed by atoms with van der Waals surface area (Å²) in [6, 6.07) is 7.95.